The van der Waals surface area contributed by atoms with Gasteiger partial charge >= 0.3 is 0 Å². The smallest absolute Gasteiger partial charge is 0.125 e. The third kappa shape index (κ3) is 5.06. The average Bonchev–Trinajstić information content (AvgIpc) is 2.68. The molecule has 7 heteroatoms. The van der Waals surface area contributed by atoms with E-state index in [9.17, 15) is 13.0 Å². The predicted molar refractivity (Wildman–Crippen MR) is 79.4 cm³/mol. The Morgan fingerprint density at radius 1 is 1.35 bits per heavy atom. The minimum atomic E-state index is -4.27. The summed E-state index contributed by atoms with van der Waals surface area (Å²) < 4.78 is 32.1. The van der Waals surface area contributed by atoms with Gasteiger partial charge in [-0.05, 0) is 19.1 Å². The highest BCUT2D eigenvalue weighted by molar-refractivity contribution is 7.99. The number of likely N-dealkylation sites (N-methyl/N-ethyl adjacent to an activating group) is 1. The topological polar surface area (TPSA) is 77.4 Å². The molecule has 2 rings (SSSR count). The van der Waals surface area contributed by atoms with Gasteiger partial charge in [0.25, 0.3) is 0 Å². The summed E-state index contributed by atoms with van der Waals surface area (Å²) in [5.41, 5.74) is 0.928. The molecule has 1 atom stereocenters. The number of benzene rings is 1. The molecule has 0 radical (unpaired) electrons. The van der Waals surface area contributed by atoms with Crippen molar-refractivity contribution in [1.29, 1.82) is 0 Å². The number of aliphatic hydroxyl groups excluding tert-OH is 1. The number of nitrogens with zero attached hydrogens (tertiary/aromatic N) is 1. The van der Waals surface area contributed by atoms with Gasteiger partial charge < -0.3 is 14.1 Å². The lowest BCUT2D eigenvalue weighted by Gasteiger charge is -2.28. The molecular weight excluding hydrogens is 298 g/mol. The largest absolute Gasteiger partial charge is 0.744 e. The summed E-state index contributed by atoms with van der Waals surface area (Å²) in [6.45, 7) is 2.15. The van der Waals surface area contributed by atoms with Gasteiger partial charge in [0.2, 0.25) is 0 Å². The fourth-order valence-corrected chi connectivity index (χ4v) is 3.75. The van der Waals surface area contributed by atoms with Crippen molar-refractivity contribution >= 4 is 21.9 Å². The summed E-state index contributed by atoms with van der Waals surface area (Å²) in [4.78, 5) is -0.178. The Bertz CT molecular complexity index is 526. The van der Waals surface area contributed by atoms with Gasteiger partial charge in [0.15, 0.2) is 0 Å². The summed E-state index contributed by atoms with van der Waals surface area (Å²) >= 11 is 1.93. The summed E-state index contributed by atoms with van der Waals surface area (Å²) in [5, 5.41) is 8.87. The van der Waals surface area contributed by atoms with E-state index >= 15 is 0 Å². The minimum absolute atomic E-state index is 0.178. The highest BCUT2D eigenvalue weighted by Gasteiger charge is 2.33. The van der Waals surface area contributed by atoms with Crippen molar-refractivity contribution in [2.75, 3.05) is 32.3 Å². The van der Waals surface area contributed by atoms with E-state index in [1.807, 2.05) is 18.7 Å². The summed E-state index contributed by atoms with van der Waals surface area (Å²) in [6.07, 6.45) is 0. The van der Waals surface area contributed by atoms with E-state index in [1.54, 1.807) is 12.1 Å². The highest BCUT2D eigenvalue weighted by Crippen LogP contribution is 2.24. The number of hydrogen-bond acceptors (Lipinski definition) is 5. The Balaban J connectivity index is 0.000000204. The zero-order valence-electron chi connectivity index (χ0n) is 11.9. The van der Waals surface area contributed by atoms with Crippen molar-refractivity contribution in [2.45, 2.75) is 17.9 Å². The molecule has 114 valence electrons. The monoisotopic (exact) mass is 319 g/mol. The molecule has 1 aromatic rings. The van der Waals surface area contributed by atoms with Crippen molar-refractivity contribution in [1.82, 2.24) is 0 Å². The Hall–Kier alpha value is -0.600. The van der Waals surface area contributed by atoms with Gasteiger partial charge in [0, 0.05) is 0 Å². The van der Waals surface area contributed by atoms with Gasteiger partial charge in [-0.15, -0.1) is 0 Å². The van der Waals surface area contributed by atoms with Crippen molar-refractivity contribution in [3.63, 3.8) is 0 Å². The number of hydrogen-bond donors (Lipinski definition) is 1. The van der Waals surface area contributed by atoms with E-state index in [-0.39, 0.29) is 4.90 Å². The lowest BCUT2D eigenvalue weighted by atomic mass is 10.2. The van der Waals surface area contributed by atoms with Crippen molar-refractivity contribution in [2.24, 2.45) is 0 Å². The van der Waals surface area contributed by atoms with Gasteiger partial charge in [-0.2, -0.15) is 0 Å². The first kappa shape index (κ1) is 17.5. The lowest BCUT2D eigenvalue weighted by Crippen LogP contribution is -2.46. The summed E-state index contributed by atoms with van der Waals surface area (Å²) in [7, 11) is 0.0655. The molecule has 1 heterocycles. The first-order valence-corrected chi connectivity index (χ1v) is 8.77. The number of aliphatic hydroxyl groups is 1. The van der Waals surface area contributed by atoms with E-state index in [2.05, 4.69) is 14.1 Å². The van der Waals surface area contributed by atoms with Gasteiger partial charge in [-0.25, -0.2) is 8.42 Å². The average molecular weight is 319 g/mol. The maximum atomic E-state index is 10.4. The van der Waals surface area contributed by atoms with Crippen molar-refractivity contribution in [3.8, 4) is 0 Å². The fraction of sp³-hybridized carbons (Fsp3) is 0.538. The van der Waals surface area contributed by atoms with E-state index in [4.69, 9.17) is 5.11 Å². The third-order valence-corrected chi connectivity index (χ3v) is 5.56. The third-order valence-electron chi connectivity index (χ3n) is 3.24. The number of rotatable bonds is 2. The standard InChI is InChI=1S/C7H8O3S.C6H14NOS/c1-6-2-4-7(5-3-6)11(8,9)10;1-7(2)5-9-4-6(7)3-8/h2-5H,1H3,(H,8,9,10);6,8H,3-5H2,1-2H3/q;+1/p-1. The van der Waals surface area contributed by atoms with Crippen LogP contribution in [-0.4, -0.2) is 60.9 Å². The molecule has 5 nitrogen and oxygen atoms in total. The second kappa shape index (κ2) is 6.91. The molecule has 0 bridgehead atoms. The molecule has 1 N–H and O–H groups in total. The van der Waals surface area contributed by atoms with Crippen LogP contribution in [0, 0.1) is 6.92 Å². The van der Waals surface area contributed by atoms with Crippen LogP contribution < -0.4 is 0 Å². The normalized spacial score (nSPS) is 21.1. The van der Waals surface area contributed by atoms with Gasteiger partial charge in [0.05, 0.1) is 31.4 Å². The molecule has 0 amide bonds. The molecule has 20 heavy (non-hydrogen) atoms. The molecule has 1 aromatic carbocycles. The number of thioether (sulfide) groups is 1. The van der Waals surface area contributed by atoms with Gasteiger partial charge in [-0.3, -0.25) is 0 Å². The predicted octanol–water partition coefficient (Wildman–Crippen LogP) is 1.03. The van der Waals surface area contributed by atoms with Crippen LogP contribution in [-0.2, 0) is 10.1 Å². The van der Waals surface area contributed by atoms with Crippen LogP contribution in [0.4, 0.5) is 0 Å². The molecule has 0 saturated carbocycles. The molecule has 1 aliphatic rings. The molecule has 0 aromatic heterocycles. The van der Waals surface area contributed by atoms with Crippen molar-refractivity contribution < 1.29 is 22.6 Å². The zero-order valence-corrected chi connectivity index (χ0v) is 13.6. The maximum Gasteiger partial charge on any atom is 0.125 e. The quantitative estimate of drug-likeness (QED) is 0.651. The first-order chi connectivity index (χ1) is 9.16. The molecule has 0 aliphatic carbocycles. The Morgan fingerprint density at radius 3 is 2.20 bits per heavy atom. The minimum Gasteiger partial charge on any atom is -0.744 e. The van der Waals surface area contributed by atoms with Crippen LogP contribution in [0.2, 0.25) is 0 Å². The summed E-state index contributed by atoms with van der Waals surface area (Å²) in [5.74, 6) is 2.26. The Kier molecular flexibility index (Phi) is 6.03. The van der Waals surface area contributed by atoms with Crippen LogP contribution in [0.5, 0.6) is 0 Å². The Morgan fingerprint density at radius 2 is 1.90 bits per heavy atom. The Labute approximate surface area is 125 Å². The van der Waals surface area contributed by atoms with Crippen LogP contribution in [0.3, 0.4) is 0 Å². The van der Waals surface area contributed by atoms with E-state index < -0.39 is 10.1 Å². The molecule has 1 fully saturated rings. The number of quaternary nitrogens is 1. The van der Waals surface area contributed by atoms with Crippen LogP contribution >= 0.6 is 11.8 Å². The van der Waals surface area contributed by atoms with Crippen LogP contribution in [0.1, 0.15) is 5.56 Å². The molecule has 1 unspecified atom stereocenters. The fourth-order valence-electron chi connectivity index (χ4n) is 1.71. The van der Waals surface area contributed by atoms with Crippen LogP contribution in [0.15, 0.2) is 29.2 Å². The van der Waals surface area contributed by atoms with Crippen molar-refractivity contribution in [3.05, 3.63) is 29.8 Å². The van der Waals surface area contributed by atoms with Gasteiger partial charge in [-0.1, -0.05) is 29.5 Å². The molecule has 1 saturated heterocycles. The second-order valence-corrected chi connectivity index (χ2v) is 7.76. The van der Waals surface area contributed by atoms with E-state index in [0.29, 0.717) is 12.6 Å². The van der Waals surface area contributed by atoms with Crippen LogP contribution in [0.25, 0.3) is 0 Å². The van der Waals surface area contributed by atoms with E-state index in [0.717, 1.165) is 21.7 Å². The molecule has 0 spiro atoms. The van der Waals surface area contributed by atoms with Gasteiger partial charge in [0.1, 0.15) is 22.0 Å². The van der Waals surface area contributed by atoms with E-state index in [1.165, 1.54) is 12.1 Å². The first-order valence-electron chi connectivity index (χ1n) is 6.20. The lowest BCUT2D eigenvalue weighted by molar-refractivity contribution is -0.895. The second-order valence-electron chi connectivity index (χ2n) is 5.38. The molecular formula is C13H21NO4S2. The SMILES string of the molecule is C[N+]1(C)CSCC1CO.Cc1ccc(S(=O)(=O)[O-])cc1. The molecule has 1 aliphatic heterocycles. The highest BCUT2D eigenvalue weighted by atomic mass is 32.2. The summed E-state index contributed by atoms with van der Waals surface area (Å²) in [6, 6.07) is 6.25. The maximum absolute atomic E-state index is 10.4. The zero-order chi connectivity index (χ0) is 15.4. The number of aryl methyl sites for hydroxylation is 1.